The summed E-state index contributed by atoms with van der Waals surface area (Å²) in [7, 11) is 0. The van der Waals surface area contributed by atoms with Gasteiger partial charge in [-0.25, -0.2) is 14.8 Å². The van der Waals surface area contributed by atoms with E-state index in [1.165, 1.54) is 6.92 Å². The van der Waals surface area contributed by atoms with Crippen molar-refractivity contribution in [1.82, 2.24) is 15.3 Å². The van der Waals surface area contributed by atoms with Gasteiger partial charge in [0.05, 0.1) is 0 Å². The van der Waals surface area contributed by atoms with E-state index in [0.29, 0.717) is 37.6 Å². The van der Waals surface area contributed by atoms with Gasteiger partial charge in [0.15, 0.2) is 0 Å². The zero-order valence-corrected chi connectivity index (χ0v) is 18.5. The number of carboxylic acids is 1. The van der Waals surface area contributed by atoms with Gasteiger partial charge in [-0.3, -0.25) is 9.59 Å². The molecule has 9 heteroatoms. The van der Waals surface area contributed by atoms with Crippen molar-refractivity contribution in [2.24, 2.45) is 5.92 Å². The molecular formula is C23H28N4O5. The zero-order valence-electron chi connectivity index (χ0n) is 18.5. The predicted octanol–water partition coefficient (Wildman–Crippen LogP) is 2.05. The molecule has 0 aliphatic carbocycles. The number of rotatable bonds is 7. The van der Waals surface area contributed by atoms with Crippen LogP contribution in [-0.4, -0.2) is 52.1 Å². The Bertz CT molecular complexity index is 964. The number of carboxylic acid groups (broad SMARTS) is 1. The van der Waals surface area contributed by atoms with Crippen LogP contribution in [0.25, 0.3) is 0 Å². The number of carbonyl (C=O) groups excluding carboxylic acids is 2. The third kappa shape index (κ3) is 6.26. The highest BCUT2D eigenvalue weighted by Gasteiger charge is 2.29. The Labute approximate surface area is 186 Å². The van der Waals surface area contributed by atoms with Gasteiger partial charge in [-0.15, -0.1) is 0 Å². The van der Waals surface area contributed by atoms with Crippen LogP contribution in [0, 0.1) is 19.8 Å². The number of benzene rings is 1. The van der Waals surface area contributed by atoms with Crippen molar-refractivity contribution in [2.45, 2.75) is 46.1 Å². The molecule has 0 saturated carbocycles. The average Bonchev–Trinajstić information content (AvgIpc) is 2.73. The van der Waals surface area contributed by atoms with Crippen LogP contribution < -0.4 is 15.0 Å². The highest BCUT2D eigenvalue weighted by molar-refractivity contribution is 5.85. The van der Waals surface area contributed by atoms with E-state index in [1.807, 2.05) is 19.9 Å². The molecule has 1 saturated heterocycles. The van der Waals surface area contributed by atoms with Crippen LogP contribution in [0.5, 0.6) is 5.75 Å². The number of esters is 1. The third-order valence-corrected chi connectivity index (χ3v) is 5.36. The molecule has 0 bridgehead atoms. The summed E-state index contributed by atoms with van der Waals surface area (Å²) in [5.41, 5.74) is 2.52. The molecule has 1 amide bonds. The number of ether oxygens (including phenoxy) is 1. The number of aromatic nitrogens is 2. The normalized spacial score (nSPS) is 15.2. The van der Waals surface area contributed by atoms with Crippen LogP contribution in [0.2, 0.25) is 0 Å². The van der Waals surface area contributed by atoms with Crippen LogP contribution in [0.3, 0.4) is 0 Å². The number of piperidine rings is 1. The minimum atomic E-state index is -1.09. The summed E-state index contributed by atoms with van der Waals surface area (Å²) in [5, 5.41) is 12.3. The first kappa shape index (κ1) is 23.2. The lowest BCUT2D eigenvalue weighted by molar-refractivity contribution is -0.142. The Morgan fingerprint density at radius 2 is 1.72 bits per heavy atom. The van der Waals surface area contributed by atoms with E-state index in [-0.39, 0.29) is 18.2 Å². The molecule has 0 spiro atoms. The Kier molecular flexibility index (Phi) is 7.40. The summed E-state index contributed by atoms with van der Waals surface area (Å²) >= 11 is 0. The molecule has 3 rings (SSSR count). The minimum Gasteiger partial charge on any atom is -0.480 e. The molecular weight excluding hydrogens is 412 g/mol. The number of hydrogen-bond acceptors (Lipinski definition) is 7. The molecule has 170 valence electrons. The Balaban J connectivity index is 1.56. The van der Waals surface area contributed by atoms with Crippen molar-refractivity contribution in [1.29, 1.82) is 0 Å². The van der Waals surface area contributed by atoms with Crippen LogP contribution in [0.4, 0.5) is 5.95 Å². The van der Waals surface area contributed by atoms with Gasteiger partial charge in [0.2, 0.25) is 11.9 Å². The Hall–Kier alpha value is -3.49. The summed E-state index contributed by atoms with van der Waals surface area (Å²) in [4.78, 5) is 46.5. The molecule has 1 unspecified atom stereocenters. The first-order valence-electron chi connectivity index (χ1n) is 10.6. The molecule has 9 nitrogen and oxygen atoms in total. The molecule has 1 aliphatic heterocycles. The fourth-order valence-electron chi connectivity index (χ4n) is 3.78. The molecule has 1 atom stereocenters. The van der Waals surface area contributed by atoms with Gasteiger partial charge in [-0.05, 0) is 50.5 Å². The number of hydrogen-bond donors (Lipinski definition) is 2. The molecule has 2 N–H and O–H groups in total. The van der Waals surface area contributed by atoms with Gasteiger partial charge in [0.25, 0.3) is 0 Å². The van der Waals surface area contributed by atoms with Gasteiger partial charge in [-0.2, -0.15) is 0 Å². The van der Waals surface area contributed by atoms with Crippen molar-refractivity contribution in [2.75, 3.05) is 18.0 Å². The lowest BCUT2D eigenvalue weighted by atomic mass is 9.95. The van der Waals surface area contributed by atoms with Crippen molar-refractivity contribution >= 4 is 23.8 Å². The number of amides is 1. The minimum absolute atomic E-state index is 0.136. The Morgan fingerprint density at radius 1 is 1.12 bits per heavy atom. The number of aryl methyl sites for hydroxylation is 2. The summed E-state index contributed by atoms with van der Waals surface area (Å²) in [6.45, 7) is 6.43. The number of anilines is 1. The summed E-state index contributed by atoms with van der Waals surface area (Å²) in [5.74, 6) is -0.981. The third-order valence-electron chi connectivity index (χ3n) is 5.36. The maximum absolute atomic E-state index is 12.7. The lowest BCUT2D eigenvalue weighted by Gasteiger charge is -2.32. The molecule has 1 aromatic carbocycles. The second-order valence-corrected chi connectivity index (χ2v) is 8.05. The SMILES string of the molecule is CC(=O)Oc1ccc(CC(NC(=O)C2CCN(c3nc(C)cc(C)n3)CC2)C(=O)O)cc1. The lowest BCUT2D eigenvalue weighted by Crippen LogP contribution is -2.47. The van der Waals surface area contributed by atoms with Gasteiger partial charge >= 0.3 is 11.9 Å². The van der Waals surface area contributed by atoms with Crippen molar-refractivity contribution in [3.8, 4) is 5.75 Å². The molecule has 32 heavy (non-hydrogen) atoms. The van der Waals surface area contributed by atoms with Crippen molar-refractivity contribution in [3.63, 3.8) is 0 Å². The predicted molar refractivity (Wildman–Crippen MR) is 117 cm³/mol. The van der Waals surface area contributed by atoms with Crippen molar-refractivity contribution < 1.29 is 24.2 Å². The fourth-order valence-corrected chi connectivity index (χ4v) is 3.78. The van der Waals surface area contributed by atoms with Crippen LogP contribution in [-0.2, 0) is 20.8 Å². The average molecular weight is 441 g/mol. The number of aliphatic carboxylic acids is 1. The fraction of sp³-hybridized carbons (Fsp3) is 0.435. The standard InChI is InChI=1S/C23H28N4O5/c1-14-12-15(2)25-23(24-14)27-10-8-18(9-11-27)21(29)26-20(22(30)31)13-17-4-6-19(7-5-17)32-16(3)28/h4-7,12,18,20H,8-11,13H2,1-3H3,(H,26,29)(H,30,31). The van der Waals surface area contributed by atoms with Gasteiger partial charge in [-0.1, -0.05) is 12.1 Å². The second-order valence-electron chi connectivity index (χ2n) is 8.05. The van der Waals surface area contributed by atoms with E-state index in [4.69, 9.17) is 4.74 Å². The van der Waals surface area contributed by atoms with Gasteiger partial charge in [0, 0.05) is 43.7 Å². The highest BCUT2D eigenvalue weighted by Crippen LogP contribution is 2.22. The van der Waals surface area contributed by atoms with Gasteiger partial charge < -0.3 is 20.1 Å². The number of carbonyl (C=O) groups is 3. The summed E-state index contributed by atoms with van der Waals surface area (Å²) in [6.07, 6.45) is 1.34. The Morgan fingerprint density at radius 3 is 2.25 bits per heavy atom. The molecule has 1 fully saturated rings. The summed E-state index contributed by atoms with van der Waals surface area (Å²) < 4.78 is 4.98. The zero-order chi connectivity index (χ0) is 23.3. The monoisotopic (exact) mass is 440 g/mol. The highest BCUT2D eigenvalue weighted by atomic mass is 16.5. The topological polar surface area (TPSA) is 122 Å². The largest absolute Gasteiger partial charge is 0.480 e. The van der Waals surface area contributed by atoms with E-state index in [9.17, 15) is 19.5 Å². The van der Waals surface area contributed by atoms with E-state index >= 15 is 0 Å². The molecule has 2 heterocycles. The van der Waals surface area contributed by atoms with E-state index < -0.39 is 18.0 Å². The van der Waals surface area contributed by atoms with E-state index in [1.54, 1.807) is 24.3 Å². The maximum Gasteiger partial charge on any atom is 0.326 e. The number of nitrogens with zero attached hydrogens (tertiary/aromatic N) is 3. The second kappa shape index (κ2) is 10.2. The first-order chi connectivity index (χ1) is 15.2. The summed E-state index contributed by atoms with van der Waals surface area (Å²) in [6, 6.07) is 7.44. The van der Waals surface area contributed by atoms with E-state index in [0.717, 1.165) is 17.0 Å². The van der Waals surface area contributed by atoms with E-state index in [2.05, 4.69) is 20.2 Å². The number of nitrogens with one attached hydrogen (secondary N) is 1. The first-order valence-corrected chi connectivity index (χ1v) is 10.6. The van der Waals surface area contributed by atoms with Crippen LogP contribution in [0.1, 0.15) is 36.7 Å². The quantitative estimate of drug-likeness (QED) is 0.496. The molecule has 2 aromatic rings. The molecule has 1 aromatic heterocycles. The molecule has 0 radical (unpaired) electrons. The van der Waals surface area contributed by atoms with Crippen LogP contribution >= 0.6 is 0 Å². The van der Waals surface area contributed by atoms with Gasteiger partial charge in [0.1, 0.15) is 11.8 Å². The smallest absolute Gasteiger partial charge is 0.326 e. The van der Waals surface area contributed by atoms with Crippen LogP contribution in [0.15, 0.2) is 30.3 Å². The van der Waals surface area contributed by atoms with Crippen molar-refractivity contribution in [3.05, 3.63) is 47.3 Å². The molecule has 1 aliphatic rings. The maximum atomic E-state index is 12.7.